The Morgan fingerprint density at radius 1 is 1.15 bits per heavy atom. The van der Waals surface area contributed by atoms with E-state index in [4.69, 9.17) is 5.73 Å². The molecule has 0 radical (unpaired) electrons. The topological polar surface area (TPSA) is 55.1 Å². The summed E-state index contributed by atoms with van der Waals surface area (Å²) in [6, 6.07) is 15.9. The average molecular weight is 286 g/mol. The summed E-state index contributed by atoms with van der Waals surface area (Å²) in [5.41, 5.74) is 7.94. The van der Waals surface area contributed by atoms with Crippen molar-refractivity contribution < 1.29 is 4.79 Å². The first-order valence-corrected chi connectivity index (χ1v) is 7.28. The second-order valence-electron chi connectivity index (χ2n) is 4.63. The van der Waals surface area contributed by atoms with Crippen LogP contribution in [-0.4, -0.2) is 5.91 Å². The third-order valence-corrected chi connectivity index (χ3v) is 3.91. The van der Waals surface area contributed by atoms with Gasteiger partial charge in [0.05, 0.1) is 0 Å². The van der Waals surface area contributed by atoms with Crippen molar-refractivity contribution >= 4 is 23.4 Å². The van der Waals surface area contributed by atoms with E-state index in [1.165, 1.54) is 6.92 Å². The number of carbonyl (C=O) groups excluding carboxylic acids is 1. The summed E-state index contributed by atoms with van der Waals surface area (Å²) in [5, 5.41) is 2.76. The molecule has 2 rings (SSSR count). The number of benzene rings is 2. The van der Waals surface area contributed by atoms with E-state index in [-0.39, 0.29) is 11.9 Å². The summed E-state index contributed by atoms with van der Waals surface area (Å²) in [4.78, 5) is 13.3. The van der Waals surface area contributed by atoms with Gasteiger partial charge in [-0.3, -0.25) is 4.79 Å². The molecule has 2 aromatic rings. The lowest BCUT2D eigenvalue weighted by atomic mass is 10.1. The SMILES string of the molecule is CC(=O)Nc1ccc(Sc2ccccc2[C@H](C)N)cc1. The van der Waals surface area contributed by atoms with Crippen LogP contribution in [-0.2, 0) is 4.79 Å². The van der Waals surface area contributed by atoms with Crippen molar-refractivity contribution in [3.8, 4) is 0 Å². The summed E-state index contributed by atoms with van der Waals surface area (Å²) in [5.74, 6) is -0.0623. The highest BCUT2D eigenvalue weighted by Gasteiger charge is 2.07. The Hall–Kier alpha value is -1.78. The zero-order valence-electron chi connectivity index (χ0n) is 11.6. The molecule has 0 aromatic heterocycles. The molecule has 0 aliphatic rings. The van der Waals surface area contributed by atoms with Crippen LogP contribution in [0.2, 0.25) is 0 Å². The minimum Gasteiger partial charge on any atom is -0.326 e. The van der Waals surface area contributed by atoms with Crippen LogP contribution in [0.1, 0.15) is 25.5 Å². The third kappa shape index (κ3) is 3.85. The highest BCUT2D eigenvalue weighted by Crippen LogP contribution is 2.33. The van der Waals surface area contributed by atoms with Crippen LogP contribution in [0.3, 0.4) is 0 Å². The van der Waals surface area contributed by atoms with E-state index in [1.807, 2.05) is 43.3 Å². The fourth-order valence-corrected chi connectivity index (χ4v) is 2.93. The van der Waals surface area contributed by atoms with Crippen LogP contribution >= 0.6 is 11.8 Å². The molecule has 0 saturated heterocycles. The number of nitrogens with one attached hydrogen (secondary N) is 1. The molecule has 1 amide bonds. The summed E-state index contributed by atoms with van der Waals surface area (Å²) < 4.78 is 0. The van der Waals surface area contributed by atoms with Gasteiger partial charge in [-0.15, -0.1) is 0 Å². The van der Waals surface area contributed by atoms with Crippen LogP contribution in [0.15, 0.2) is 58.3 Å². The van der Waals surface area contributed by atoms with E-state index in [1.54, 1.807) is 11.8 Å². The molecule has 4 heteroatoms. The Morgan fingerprint density at radius 2 is 1.80 bits per heavy atom. The van der Waals surface area contributed by atoms with E-state index in [0.29, 0.717) is 0 Å². The predicted molar refractivity (Wildman–Crippen MR) is 83.9 cm³/mol. The van der Waals surface area contributed by atoms with E-state index in [9.17, 15) is 4.79 Å². The van der Waals surface area contributed by atoms with Crippen molar-refractivity contribution in [3.05, 3.63) is 54.1 Å². The lowest BCUT2D eigenvalue weighted by Crippen LogP contribution is -2.06. The van der Waals surface area contributed by atoms with E-state index in [2.05, 4.69) is 17.4 Å². The van der Waals surface area contributed by atoms with Crippen LogP contribution in [0, 0.1) is 0 Å². The van der Waals surface area contributed by atoms with Gasteiger partial charge in [-0.05, 0) is 42.8 Å². The first kappa shape index (κ1) is 14.6. The Kier molecular flexibility index (Phi) is 4.82. The number of hydrogen-bond acceptors (Lipinski definition) is 3. The molecule has 3 N–H and O–H groups in total. The normalized spacial score (nSPS) is 11.9. The van der Waals surface area contributed by atoms with Gasteiger partial charge in [0.1, 0.15) is 0 Å². The standard InChI is InChI=1S/C16H18N2OS/c1-11(17)15-5-3-4-6-16(15)20-14-9-7-13(8-10-14)18-12(2)19/h3-11H,17H2,1-2H3,(H,18,19)/t11-/m0/s1. The molecule has 0 aliphatic carbocycles. The second kappa shape index (κ2) is 6.59. The minimum atomic E-state index is -0.0623. The number of hydrogen-bond donors (Lipinski definition) is 2. The van der Waals surface area contributed by atoms with Gasteiger partial charge < -0.3 is 11.1 Å². The number of amides is 1. The quantitative estimate of drug-likeness (QED) is 0.898. The van der Waals surface area contributed by atoms with Gasteiger partial charge in [0, 0.05) is 28.4 Å². The lowest BCUT2D eigenvalue weighted by molar-refractivity contribution is -0.114. The highest BCUT2D eigenvalue weighted by atomic mass is 32.2. The molecule has 3 nitrogen and oxygen atoms in total. The maximum atomic E-state index is 11.0. The van der Waals surface area contributed by atoms with Gasteiger partial charge in [-0.25, -0.2) is 0 Å². The minimum absolute atomic E-state index is 0.0114. The van der Waals surface area contributed by atoms with Crippen molar-refractivity contribution in [3.63, 3.8) is 0 Å². The fourth-order valence-electron chi connectivity index (χ4n) is 1.89. The molecule has 0 heterocycles. The largest absolute Gasteiger partial charge is 0.326 e. The maximum absolute atomic E-state index is 11.0. The van der Waals surface area contributed by atoms with Crippen molar-refractivity contribution in [2.45, 2.75) is 29.7 Å². The van der Waals surface area contributed by atoms with E-state index >= 15 is 0 Å². The molecule has 2 aromatic carbocycles. The molecular formula is C16H18N2OS. The number of rotatable bonds is 4. The number of nitrogens with two attached hydrogens (primary N) is 1. The van der Waals surface area contributed by atoms with Gasteiger partial charge in [-0.2, -0.15) is 0 Å². The van der Waals surface area contributed by atoms with Crippen LogP contribution in [0.4, 0.5) is 5.69 Å². The number of anilines is 1. The molecule has 0 unspecified atom stereocenters. The van der Waals surface area contributed by atoms with Crippen molar-refractivity contribution in [2.24, 2.45) is 5.73 Å². The molecule has 0 fully saturated rings. The second-order valence-corrected chi connectivity index (χ2v) is 5.75. The zero-order valence-corrected chi connectivity index (χ0v) is 12.4. The molecule has 1 atom stereocenters. The van der Waals surface area contributed by atoms with Gasteiger partial charge in [0.2, 0.25) is 5.91 Å². The molecule has 0 aliphatic heterocycles. The van der Waals surface area contributed by atoms with Crippen LogP contribution < -0.4 is 11.1 Å². The molecule has 0 spiro atoms. The molecule has 0 saturated carbocycles. The van der Waals surface area contributed by atoms with Gasteiger partial charge in [0.15, 0.2) is 0 Å². The van der Waals surface area contributed by atoms with Crippen LogP contribution in [0.5, 0.6) is 0 Å². The Bertz CT molecular complexity index is 594. The highest BCUT2D eigenvalue weighted by molar-refractivity contribution is 7.99. The maximum Gasteiger partial charge on any atom is 0.221 e. The third-order valence-electron chi connectivity index (χ3n) is 2.81. The zero-order chi connectivity index (χ0) is 14.5. The number of carbonyl (C=O) groups is 1. The van der Waals surface area contributed by atoms with E-state index < -0.39 is 0 Å². The Balaban J connectivity index is 2.16. The van der Waals surface area contributed by atoms with Crippen molar-refractivity contribution in [1.29, 1.82) is 0 Å². The van der Waals surface area contributed by atoms with Crippen LogP contribution in [0.25, 0.3) is 0 Å². The van der Waals surface area contributed by atoms with E-state index in [0.717, 1.165) is 21.0 Å². The summed E-state index contributed by atoms with van der Waals surface area (Å²) >= 11 is 1.68. The fraction of sp³-hybridized carbons (Fsp3) is 0.188. The first-order valence-electron chi connectivity index (χ1n) is 6.46. The van der Waals surface area contributed by atoms with Gasteiger partial charge >= 0.3 is 0 Å². The molecular weight excluding hydrogens is 268 g/mol. The predicted octanol–water partition coefficient (Wildman–Crippen LogP) is 3.82. The van der Waals surface area contributed by atoms with Gasteiger partial charge in [-0.1, -0.05) is 30.0 Å². The molecule has 104 valence electrons. The molecule has 20 heavy (non-hydrogen) atoms. The summed E-state index contributed by atoms with van der Waals surface area (Å²) in [7, 11) is 0. The first-order chi connectivity index (χ1) is 9.56. The molecule has 0 bridgehead atoms. The average Bonchev–Trinajstić information content (AvgIpc) is 2.41. The lowest BCUT2D eigenvalue weighted by Gasteiger charge is -2.12. The summed E-state index contributed by atoms with van der Waals surface area (Å²) in [6.45, 7) is 3.49. The van der Waals surface area contributed by atoms with Gasteiger partial charge in [0.25, 0.3) is 0 Å². The van der Waals surface area contributed by atoms with Crippen molar-refractivity contribution in [1.82, 2.24) is 0 Å². The van der Waals surface area contributed by atoms with Crippen molar-refractivity contribution in [2.75, 3.05) is 5.32 Å². The Labute approximate surface area is 123 Å². The Morgan fingerprint density at radius 3 is 2.40 bits per heavy atom. The summed E-state index contributed by atoms with van der Waals surface area (Å²) in [6.07, 6.45) is 0. The monoisotopic (exact) mass is 286 g/mol. The smallest absolute Gasteiger partial charge is 0.221 e.